The number of carbonyl (C=O) groups excluding carboxylic acids is 2. The van der Waals surface area contributed by atoms with Crippen LogP contribution in [0.1, 0.15) is 37.4 Å². The number of thioether (sulfide) groups is 1. The van der Waals surface area contributed by atoms with Gasteiger partial charge in [-0.3, -0.25) is 9.59 Å². The number of hydrogen-bond acceptors (Lipinski definition) is 9. The quantitative estimate of drug-likeness (QED) is 0.192. The van der Waals surface area contributed by atoms with Crippen LogP contribution in [0.15, 0.2) is 28.7 Å². The Balaban J connectivity index is 1.45. The fourth-order valence-electron chi connectivity index (χ4n) is 3.21. The van der Waals surface area contributed by atoms with E-state index >= 15 is 0 Å². The monoisotopic (exact) mass is 537 g/mol. The Morgan fingerprint density at radius 2 is 2.09 bits per heavy atom. The van der Waals surface area contributed by atoms with E-state index in [2.05, 4.69) is 20.5 Å². The average Bonchev–Trinajstić information content (AvgIpc) is 3.42. The van der Waals surface area contributed by atoms with Gasteiger partial charge in [-0.05, 0) is 51.0 Å². The second-order valence-electron chi connectivity index (χ2n) is 7.47. The molecule has 3 aromatic rings. The van der Waals surface area contributed by atoms with Crippen molar-refractivity contribution < 1.29 is 19.1 Å². The van der Waals surface area contributed by atoms with Crippen molar-refractivity contribution in [1.82, 2.24) is 19.7 Å². The van der Waals surface area contributed by atoms with Gasteiger partial charge in [-0.25, -0.2) is 4.98 Å². The fraction of sp³-hybridized carbons (Fsp3) is 0.435. The fourth-order valence-corrected chi connectivity index (χ4v) is 4.98. The first-order valence-electron chi connectivity index (χ1n) is 11.2. The Kier molecular flexibility index (Phi) is 10.4. The molecule has 0 spiro atoms. The summed E-state index contributed by atoms with van der Waals surface area (Å²) in [6.45, 7) is 7.31. The van der Waals surface area contributed by atoms with Crippen molar-refractivity contribution in [2.24, 2.45) is 0 Å². The maximum absolute atomic E-state index is 12.4. The maximum Gasteiger partial charge on any atom is 0.311 e. The molecule has 2 aromatic heterocycles. The van der Waals surface area contributed by atoms with Gasteiger partial charge in [0.2, 0.25) is 5.91 Å². The summed E-state index contributed by atoms with van der Waals surface area (Å²) >= 11 is 8.58. The molecule has 0 atom stereocenters. The number of halogens is 1. The molecule has 0 bridgehead atoms. The molecular weight excluding hydrogens is 510 g/mol. The van der Waals surface area contributed by atoms with Gasteiger partial charge in [-0.1, -0.05) is 23.4 Å². The topological polar surface area (TPSA) is 108 Å². The zero-order valence-electron chi connectivity index (χ0n) is 19.9. The van der Waals surface area contributed by atoms with Gasteiger partial charge in [0.25, 0.3) is 0 Å². The van der Waals surface area contributed by atoms with Crippen LogP contribution < -0.4 is 10.1 Å². The minimum Gasteiger partial charge on any atom is -0.493 e. The number of esters is 1. The molecule has 12 heteroatoms. The number of hydrogen-bond donors (Lipinski definition) is 1. The number of anilines is 1. The zero-order chi connectivity index (χ0) is 25.2. The molecule has 0 unspecified atom stereocenters. The molecule has 0 aliphatic heterocycles. The first-order chi connectivity index (χ1) is 16.9. The lowest BCUT2D eigenvalue weighted by molar-refractivity contribution is -0.142. The summed E-state index contributed by atoms with van der Waals surface area (Å²) in [5.41, 5.74) is 1.57. The Bertz CT molecular complexity index is 1150. The predicted octanol–water partition coefficient (Wildman–Crippen LogP) is 4.56. The number of benzene rings is 1. The molecule has 9 nitrogen and oxygen atoms in total. The first kappa shape index (κ1) is 27.0. The maximum atomic E-state index is 12.4. The van der Waals surface area contributed by atoms with E-state index in [1.54, 1.807) is 12.3 Å². The molecule has 0 saturated carbocycles. The Morgan fingerprint density at radius 3 is 2.83 bits per heavy atom. The summed E-state index contributed by atoms with van der Waals surface area (Å²) in [4.78, 5) is 28.2. The number of thiazole rings is 1. The third kappa shape index (κ3) is 8.22. The van der Waals surface area contributed by atoms with Gasteiger partial charge in [0.1, 0.15) is 11.6 Å². The Labute approximate surface area is 217 Å². The van der Waals surface area contributed by atoms with E-state index < -0.39 is 0 Å². The largest absolute Gasteiger partial charge is 0.493 e. The average molecular weight is 538 g/mol. The van der Waals surface area contributed by atoms with Crippen LogP contribution in [0.25, 0.3) is 0 Å². The van der Waals surface area contributed by atoms with E-state index in [-0.39, 0.29) is 24.1 Å². The SMILES string of the molecule is CCOC(=O)Cc1csc(NC(=O)CSc2nnc(CCCOc3ccc(Cl)cc3C)n2CC)n1. The van der Waals surface area contributed by atoms with Crippen molar-refractivity contribution in [2.45, 2.75) is 51.7 Å². The second kappa shape index (κ2) is 13.5. The van der Waals surface area contributed by atoms with Crippen LogP contribution in [0, 0.1) is 6.92 Å². The minimum absolute atomic E-state index is 0.0850. The van der Waals surface area contributed by atoms with Crippen molar-refractivity contribution in [3.05, 3.63) is 45.7 Å². The number of amides is 1. The minimum atomic E-state index is -0.340. The van der Waals surface area contributed by atoms with E-state index in [0.29, 0.717) is 47.2 Å². The van der Waals surface area contributed by atoms with E-state index in [1.807, 2.05) is 36.6 Å². The molecule has 0 radical (unpaired) electrons. The number of rotatable bonds is 13. The lowest BCUT2D eigenvalue weighted by atomic mass is 10.2. The number of aromatic nitrogens is 4. The zero-order valence-corrected chi connectivity index (χ0v) is 22.3. The van der Waals surface area contributed by atoms with Gasteiger partial charge < -0.3 is 19.4 Å². The molecular formula is C23H28ClN5O4S2. The van der Waals surface area contributed by atoms with Crippen LogP contribution in [0.4, 0.5) is 5.13 Å². The van der Waals surface area contributed by atoms with E-state index in [0.717, 1.165) is 23.6 Å². The standard InChI is InChI=1S/C23H28ClN5O4S2/c1-4-29-19(7-6-10-33-18-9-8-16(24)11-15(18)3)27-28-23(29)35-14-20(30)26-22-25-17(13-34-22)12-21(31)32-5-2/h8-9,11,13H,4-7,10,12,14H2,1-3H3,(H,25,26,30). The summed E-state index contributed by atoms with van der Waals surface area (Å²) in [7, 11) is 0. The molecule has 1 N–H and O–H groups in total. The van der Waals surface area contributed by atoms with E-state index in [9.17, 15) is 9.59 Å². The number of nitrogens with one attached hydrogen (secondary N) is 1. The van der Waals surface area contributed by atoms with E-state index in [4.69, 9.17) is 21.1 Å². The second-order valence-corrected chi connectivity index (χ2v) is 9.70. The summed E-state index contributed by atoms with van der Waals surface area (Å²) < 4.78 is 12.8. The molecule has 0 aliphatic carbocycles. The molecule has 2 heterocycles. The van der Waals surface area contributed by atoms with Crippen LogP contribution in [0.3, 0.4) is 0 Å². The van der Waals surface area contributed by atoms with Gasteiger partial charge in [0, 0.05) is 23.4 Å². The van der Waals surface area contributed by atoms with E-state index in [1.165, 1.54) is 23.1 Å². The number of ether oxygens (including phenoxy) is 2. The third-order valence-electron chi connectivity index (χ3n) is 4.81. The number of carbonyl (C=O) groups is 2. The van der Waals surface area contributed by atoms with Gasteiger partial charge in [0.05, 0.1) is 31.1 Å². The van der Waals surface area contributed by atoms with Crippen LogP contribution in [0.5, 0.6) is 5.75 Å². The van der Waals surface area contributed by atoms with Gasteiger partial charge >= 0.3 is 5.97 Å². The van der Waals surface area contributed by atoms with Gasteiger partial charge in [-0.2, -0.15) is 0 Å². The van der Waals surface area contributed by atoms with Crippen LogP contribution in [-0.4, -0.2) is 50.6 Å². The molecule has 35 heavy (non-hydrogen) atoms. The number of aryl methyl sites for hydroxylation is 2. The highest BCUT2D eigenvalue weighted by Gasteiger charge is 2.15. The summed E-state index contributed by atoms with van der Waals surface area (Å²) in [5.74, 6) is 1.31. The molecule has 1 aromatic carbocycles. The molecule has 0 fully saturated rings. The van der Waals surface area contributed by atoms with Crippen molar-refractivity contribution in [1.29, 1.82) is 0 Å². The highest BCUT2D eigenvalue weighted by atomic mass is 35.5. The van der Waals surface area contributed by atoms with Crippen molar-refractivity contribution >= 4 is 51.7 Å². The summed E-state index contributed by atoms with van der Waals surface area (Å²) in [5, 5.41) is 14.9. The summed E-state index contributed by atoms with van der Waals surface area (Å²) in [6.07, 6.45) is 1.58. The van der Waals surface area contributed by atoms with Crippen molar-refractivity contribution in [3.8, 4) is 5.75 Å². The van der Waals surface area contributed by atoms with Crippen LogP contribution in [-0.2, 0) is 33.7 Å². The van der Waals surface area contributed by atoms with Crippen molar-refractivity contribution in [2.75, 3.05) is 24.3 Å². The lowest BCUT2D eigenvalue weighted by Gasteiger charge is -2.10. The molecule has 188 valence electrons. The van der Waals surface area contributed by atoms with Crippen LogP contribution >= 0.6 is 34.7 Å². The smallest absolute Gasteiger partial charge is 0.311 e. The summed E-state index contributed by atoms with van der Waals surface area (Å²) in [6, 6.07) is 5.56. The highest BCUT2D eigenvalue weighted by molar-refractivity contribution is 7.99. The van der Waals surface area contributed by atoms with Gasteiger partial charge in [-0.15, -0.1) is 21.5 Å². The van der Waals surface area contributed by atoms with Crippen LogP contribution in [0.2, 0.25) is 5.02 Å². The molecule has 0 aliphatic rings. The third-order valence-corrected chi connectivity index (χ3v) is 6.82. The van der Waals surface area contributed by atoms with Crippen molar-refractivity contribution in [3.63, 3.8) is 0 Å². The Hall–Kier alpha value is -2.63. The normalized spacial score (nSPS) is 10.9. The molecule has 1 amide bonds. The lowest BCUT2D eigenvalue weighted by Crippen LogP contribution is -2.15. The molecule has 3 rings (SSSR count). The number of nitrogens with zero attached hydrogens (tertiary/aromatic N) is 4. The molecule has 0 saturated heterocycles. The first-order valence-corrected chi connectivity index (χ1v) is 13.5. The predicted molar refractivity (Wildman–Crippen MR) is 138 cm³/mol. The highest BCUT2D eigenvalue weighted by Crippen LogP contribution is 2.23. The Morgan fingerprint density at radius 1 is 1.26 bits per heavy atom. The van der Waals surface area contributed by atoms with Gasteiger partial charge in [0.15, 0.2) is 10.3 Å².